The number of carbonyl (C=O) groups excluding carboxylic acids is 1. The second kappa shape index (κ2) is 6.34. The molecule has 2 aromatic rings. The zero-order chi connectivity index (χ0) is 15.2. The molecule has 0 aliphatic carbocycles. The van der Waals surface area contributed by atoms with Crippen molar-refractivity contribution in [3.05, 3.63) is 35.0 Å². The number of rotatable bonds is 1. The maximum atomic E-state index is 12.6. The number of hydrogen-bond donors (Lipinski definition) is 1. The van der Waals surface area contributed by atoms with E-state index in [1.54, 1.807) is 12.1 Å². The molecule has 3 heterocycles. The number of halogens is 2. The molecule has 124 valence electrons. The Balaban J connectivity index is 0.00000156. The molecular formula is C17H20Cl2N2O2. The van der Waals surface area contributed by atoms with E-state index < -0.39 is 0 Å². The Bertz CT molecular complexity index is 712. The van der Waals surface area contributed by atoms with Crippen LogP contribution < -0.4 is 5.32 Å². The molecule has 0 unspecified atom stereocenters. The topological polar surface area (TPSA) is 45.5 Å². The first-order valence-corrected chi connectivity index (χ1v) is 8.22. The third-order valence-electron chi connectivity index (χ3n) is 5.13. The van der Waals surface area contributed by atoms with Crippen molar-refractivity contribution in [1.29, 1.82) is 0 Å². The first-order chi connectivity index (χ1) is 10.7. The largest absolute Gasteiger partial charge is 0.451 e. The van der Waals surface area contributed by atoms with Gasteiger partial charge in [0.15, 0.2) is 5.76 Å². The zero-order valence-corrected chi connectivity index (χ0v) is 14.4. The molecule has 0 atom stereocenters. The SMILES string of the molecule is Cl.O=C(c1cc2cc(Cl)ccc2o1)N1CCC2(CCNC2)CC1. The van der Waals surface area contributed by atoms with Crippen LogP contribution in [-0.2, 0) is 0 Å². The van der Waals surface area contributed by atoms with Crippen LogP contribution in [0.25, 0.3) is 11.0 Å². The number of nitrogens with one attached hydrogen (secondary N) is 1. The zero-order valence-electron chi connectivity index (χ0n) is 12.8. The van der Waals surface area contributed by atoms with E-state index in [4.69, 9.17) is 16.0 Å². The summed E-state index contributed by atoms with van der Waals surface area (Å²) in [5.74, 6) is 0.408. The van der Waals surface area contributed by atoms with Gasteiger partial charge >= 0.3 is 0 Å². The summed E-state index contributed by atoms with van der Waals surface area (Å²) in [5, 5.41) is 4.98. The number of fused-ring (bicyclic) bond motifs is 1. The molecule has 2 aliphatic rings. The third-order valence-corrected chi connectivity index (χ3v) is 5.37. The predicted octanol–water partition coefficient (Wildman–Crippen LogP) is 3.72. The van der Waals surface area contributed by atoms with Crippen molar-refractivity contribution in [2.24, 2.45) is 5.41 Å². The van der Waals surface area contributed by atoms with Gasteiger partial charge < -0.3 is 14.6 Å². The van der Waals surface area contributed by atoms with E-state index in [0.717, 1.165) is 44.4 Å². The smallest absolute Gasteiger partial charge is 0.289 e. The number of carbonyl (C=O) groups is 1. The van der Waals surface area contributed by atoms with Gasteiger partial charge in [-0.2, -0.15) is 0 Å². The van der Waals surface area contributed by atoms with Gasteiger partial charge in [-0.25, -0.2) is 0 Å². The van der Waals surface area contributed by atoms with E-state index in [1.165, 1.54) is 6.42 Å². The van der Waals surface area contributed by atoms with Crippen LogP contribution in [0.15, 0.2) is 28.7 Å². The minimum atomic E-state index is -0.00636. The lowest BCUT2D eigenvalue weighted by atomic mass is 9.78. The van der Waals surface area contributed by atoms with Gasteiger partial charge in [-0.1, -0.05) is 11.6 Å². The maximum absolute atomic E-state index is 12.6. The molecule has 1 amide bonds. The molecule has 1 N–H and O–H groups in total. The fourth-order valence-electron chi connectivity index (χ4n) is 3.68. The predicted molar refractivity (Wildman–Crippen MR) is 93.5 cm³/mol. The van der Waals surface area contributed by atoms with E-state index in [2.05, 4.69) is 5.32 Å². The summed E-state index contributed by atoms with van der Waals surface area (Å²) >= 11 is 5.98. The number of nitrogens with zero attached hydrogens (tertiary/aromatic N) is 1. The summed E-state index contributed by atoms with van der Waals surface area (Å²) in [5.41, 5.74) is 1.12. The molecule has 0 radical (unpaired) electrons. The van der Waals surface area contributed by atoms with Crippen molar-refractivity contribution in [2.75, 3.05) is 26.2 Å². The Kier molecular flexibility index (Phi) is 4.59. The van der Waals surface area contributed by atoms with Crippen LogP contribution >= 0.6 is 24.0 Å². The molecule has 0 bridgehead atoms. The monoisotopic (exact) mass is 354 g/mol. The Morgan fingerprint density at radius 1 is 1.22 bits per heavy atom. The highest BCUT2D eigenvalue weighted by Crippen LogP contribution is 2.37. The third kappa shape index (κ3) is 3.08. The highest BCUT2D eigenvalue weighted by Gasteiger charge is 2.38. The molecule has 2 fully saturated rings. The number of hydrogen-bond acceptors (Lipinski definition) is 3. The van der Waals surface area contributed by atoms with E-state index in [0.29, 0.717) is 21.8 Å². The van der Waals surface area contributed by atoms with Crippen LogP contribution in [0.2, 0.25) is 5.02 Å². The second-order valence-corrected chi connectivity index (χ2v) is 6.95. The van der Waals surface area contributed by atoms with E-state index in [9.17, 15) is 4.79 Å². The van der Waals surface area contributed by atoms with E-state index >= 15 is 0 Å². The molecule has 1 aromatic carbocycles. The summed E-state index contributed by atoms with van der Waals surface area (Å²) in [4.78, 5) is 14.6. The van der Waals surface area contributed by atoms with Crippen LogP contribution in [0.3, 0.4) is 0 Å². The summed E-state index contributed by atoms with van der Waals surface area (Å²) in [6.45, 7) is 3.84. The Labute approximate surface area is 146 Å². The van der Waals surface area contributed by atoms with Crippen molar-refractivity contribution < 1.29 is 9.21 Å². The molecule has 0 saturated carbocycles. The van der Waals surface area contributed by atoms with Gasteiger partial charge in [0.2, 0.25) is 0 Å². The van der Waals surface area contributed by atoms with Crippen LogP contribution in [0.4, 0.5) is 0 Å². The minimum absolute atomic E-state index is 0. The molecule has 6 heteroatoms. The lowest BCUT2D eigenvalue weighted by Gasteiger charge is -2.38. The van der Waals surface area contributed by atoms with Crippen molar-refractivity contribution in [2.45, 2.75) is 19.3 Å². The molecule has 4 rings (SSSR count). The number of amides is 1. The van der Waals surface area contributed by atoms with Gasteiger partial charge in [-0.05, 0) is 55.5 Å². The number of furan rings is 1. The Morgan fingerprint density at radius 3 is 2.70 bits per heavy atom. The average Bonchev–Trinajstić information content (AvgIpc) is 3.14. The highest BCUT2D eigenvalue weighted by atomic mass is 35.5. The van der Waals surface area contributed by atoms with Crippen molar-refractivity contribution >= 4 is 40.9 Å². The van der Waals surface area contributed by atoms with Crippen LogP contribution in [0.5, 0.6) is 0 Å². The molecule has 2 saturated heterocycles. The fourth-order valence-corrected chi connectivity index (χ4v) is 3.86. The van der Waals surface area contributed by atoms with Crippen molar-refractivity contribution in [1.82, 2.24) is 10.2 Å². The van der Waals surface area contributed by atoms with Crippen molar-refractivity contribution in [3.8, 4) is 0 Å². The van der Waals surface area contributed by atoms with E-state index in [-0.39, 0.29) is 18.3 Å². The standard InChI is InChI=1S/C17H19ClN2O2.ClH/c18-13-1-2-14-12(9-13)10-15(22-14)16(21)20-7-4-17(5-8-20)3-6-19-11-17;/h1-2,9-10,19H,3-8,11H2;1H. The average molecular weight is 355 g/mol. The summed E-state index contributed by atoms with van der Waals surface area (Å²) < 4.78 is 5.69. The van der Waals surface area contributed by atoms with Crippen LogP contribution in [0.1, 0.15) is 29.8 Å². The molecule has 23 heavy (non-hydrogen) atoms. The minimum Gasteiger partial charge on any atom is -0.451 e. The number of piperidine rings is 1. The van der Waals surface area contributed by atoms with Gasteiger partial charge in [0, 0.05) is 30.0 Å². The summed E-state index contributed by atoms with van der Waals surface area (Å²) in [6.07, 6.45) is 3.40. The maximum Gasteiger partial charge on any atom is 0.289 e. The molecule has 1 aromatic heterocycles. The number of benzene rings is 1. The Hall–Kier alpha value is -1.23. The van der Waals surface area contributed by atoms with Gasteiger partial charge in [0.1, 0.15) is 5.58 Å². The summed E-state index contributed by atoms with van der Waals surface area (Å²) in [6, 6.07) is 7.21. The molecule has 1 spiro atoms. The Morgan fingerprint density at radius 2 is 2.00 bits per heavy atom. The van der Waals surface area contributed by atoms with Gasteiger partial charge in [0.25, 0.3) is 5.91 Å². The first kappa shape index (κ1) is 16.6. The lowest BCUT2D eigenvalue weighted by molar-refractivity contribution is 0.0579. The van der Waals surface area contributed by atoms with Crippen LogP contribution in [0, 0.1) is 5.41 Å². The highest BCUT2D eigenvalue weighted by molar-refractivity contribution is 6.31. The molecule has 4 nitrogen and oxygen atoms in total. The first-order valence-electron chi connectivity index (χ1n) is 7.84. The van der Waals surface area contributed by atoms with Crippen molar-refractivity contribution in [3.63, 3.8) is 0 Å². The summed E-state index contributed by atoms with van der Waals surface area (Å²) in [7, 11) is 0. The lowest BCUT2D eigenvalue weighted by Crippen LogP contribution is -2.43. The second-order valence-electron chi connectivity index (χ2n) is 6.51. The fraction of sp³-hybridized carbons (Fsp3) is 0.471. The number of likely N-dealkylation sites (tertiary alicyclic amines) is 1. The molecule has 2 aliphatic heterocycles. The quantitative estimate of drug-likeness (QED) is 0.848. The van der Waals surface area contributed by atoms with Gasteiger partial charge in [-0.3, -0.25) is 4.79 Å². The van der Waals surface area contributed by atoms with Crippen LogP contribution in [-0.4, -0.2) is 37.0 Å². The normalized spacial score (nSPS) is 20.0. The van der Waals surface area contributed by atoms with E-state index in [1.807, 2.05) is 17.0 Å². The van der Waals surface area contributed by atoms with Gasteiger partial charge in [0.05, 0.1) is 0 Å². The van der Waals surface area contributed by atoms with Gasteiger partial charge in [-0.15, -0.1) is 12.4 Å². The molecular weight excluding hydrogens is 335 g/mol.